The Kier molecular flexibility index (Phi) is 6.75. The summed E-state index contributed by atoms with van der Waals surface area (Å²) < 4.78 is 47.2. The number of aromatic nitrogens is 3. The first-order chi connectivity index (χ1) is 15.3. The highest BCUT2D eigenvalue weighted by molar-refractivity contribution is 7.99. The molecule has 5 atom stereocenters. The maximum absolute atomic E-state index is 13.6. The first-order valence-electron chi connectivity index (χ1n) is 9.40. The van der Waals surface area contributed by atoms with E-state index in [2.05, 4.69) is 10.3 Å². The number of ether oxygens (including phenoxy) is 1. The van der Waals surface area contributed by atoms with Crippen LogP contribution in [-0.4, -0.2) is 60.7 Å². The maximum atomic E-state index is 13.6. The van der Waals surface area contributed by atoms with Crippen LogP contribution in [0.2, 0.25) is 5.02 Å². The van der Waals surface area contributed by atoms with Gasteiger partial charge in [0.15, 0.2) is 17.5 Å². The van der Waals surface area contributed by atoms with Crippen molar-refractivity contribution in [1.82, 2.24) is 15.0 Å². The highest BCUT2D eigenvalue weighted by Gasteiger charge is 2.46. The van der Waals surface area contributed by atoms with Crippen LogP contribution in [0.15, 0.2) is 47.5 Å². The van der Waals surface area contributed by atoms with Gasteiger partial charge in [-0.05, 0) is 36.4 Å². The number of hydrogen-bond donors (Lipinski definition) is 3. The van der Waals surface area contributed by atoms with Crippen molar-refractivity contribution >= 4 is 23.4 Å². The number of benzene rings is 2. The summed E-state index contributed by atoms with van der Waals surface area (Å²) in [5.41, 5.74) is -0.972. The largest absolute Gasteiger partial charge is 0.394 e. The van der Waals surface area contributed by atoms with Crippen LogP contribution in [0.1, 0.15) is 6.04 Å². The number of aliphatic hydroxyl groups excluding tert-OH is 3. The molecule has 12 heteroatoms. The molecule has 0 bridgehead atoms. The van der Waals surface area contributed by atoms with Gasteiger partial charge in [0, 0.05) is 15.5 Å². The summed E-state index contributed by atoms with van der Waals surface area (Å²) in [4.78, 5) is 0.724. The molecule has 3 aromatic rings. The summed E-state index contributed by atoms with van der Waals surface area (Å²) in [7, 11) is 0. The monoisotopic (exact) mass is 487 g/mol. The van der Waals surface area contributed by atoms with Gasteiger partial charge in [-0.3, -0.25) is 0 Å². The molecule has 0 aliphatic carbocycles. The molecule has 1 fully saturated rings. The fourth-order valence-corrected chi connectivity index (χ4v) is 4.57. The van der Waals surface area contributed by atoms with Crippen molar-refractivity contribution in [2.24, 2.45) is 0 Å². The molecule has 2 unspecified atom stereocenters. The van der Waals surface area contributed by atoms with Gasteiger partial charge in [0.1, 0.15) is 35.5 Å². The van der Waals surface area contributed by atoms with E-state index in [0.29, 0.717) is 5.02 Å². The number of nitrogens with zero attached hydrogens (tertiary/aromatic N) is 3. The Hall–Kier alpha value is -2.15. The third-order valence-electron chi connectivity index (χ3n) is 5.01. The van der Waals surface area contributed by atoms with E-state index < -0.39 is 53.8 Å². The van der Waals surface area contributed by atoms with Crippen LogP contribution in [-0.2, 0) is 4.74 Å². The molecule has 0 saturated carbocycles. The van der Waals surface area contributed by atoms with E-state index >= 15 is 0 Å². The molecule has 1 aliphatic heterocycles. The predicted octanol–water partition coefficient (Wildman–Crippen LogP) is 2.79. The van der Waals surface area contributed by atoms with Crippen molar-refractivity contribution in [2.75, 3.05) is 6.61 Å². The lowest BCUT2D eigenvalue weighted by Gasteiger charge is -2.41. The Morgan fingerprint density at radius 3 is 2.34 bits per heavy atom. The van der Waals surface area contributed by atoms with Crippen LogP contribution in [0.4, 0.5) is 13.2 Å². The zero-order valence-corrected chi connectivity index (χ0v) is 17.7. The summed E-state index contributed by atoms with van der Waals surface area (Å²) in [5.74, 6) is -4.38. The standard InChI is InChI=1S/C20H17ClF3N3O4S/c21-10-1-3-11(4-2-10)32-20-19(30)17(18(29)15(8-28)31-20)27-7-14(25-26-27)9-5-12(22)16(24)13(23)6-9/h1-7,15,17-20,28-30H,8H2/t15?,17-,18-,19?,20+/m0/s1. The highest BCUT2D eigenvalue weighted by Crippen LogP contribution is 2.38. The number of hydrogen-bond acceptors (Lipinski definition) is 7. The number of rotatable bonds is 5. The molecule has 32 heavy (non-hydrogen) atoms. The molecule has 3 N–H and O–H groups in total. The summed E-state index contributed by atoms with van der Waals surface area (Å²) in [6.45, 7) is -0.530. The van der Waals surface area contributed by atoms with Crippen LogP contribution < -0.4 is 0 Å². The summed E-state index contributed by atoms with van der Waals surface area (Å²) >= 11 is 7.04. The average Bonchev–Trinajstić information content (AvgIpc) is 3.25. The van der Waals surface area contributed by atoms with Crippen molar-refractivity contribution in [3.8, 4) is 11.3 Å². The van der Waals surface area contributed by atoms with Crippen molar-refractivity contribution in [2.45, 2.75) is 34.7 Å². The molecule has 1 aromatic heterocycles. The molecule has 4 rings (SSSR count). The maximum Gasteiger partial charge on any atom is 0.194 e. The fraction of sp³-hybridized carbons (Fsp3) is 0.300. The molecule has 0 amide bonds. The molecule has 2 aromatic carbocycles. The second-order valence-corrected chi connectivity index (χ2v) is 8.71. The van der Waals surface area contributed by atoms with E-state index in [9.17, 15) is 28.5 Å². The van der Waals surface area contributed by atoms with Crippen molar-refractivity contribution < 1.29 is 33.2 Å². The molecule has 1 saturated heterocycles. The lowest BCUT2D eigenvalue weighted by Crippen LogP contribution is -2.55. The minimum atomic E-state index is -1.61. The van der Waals surface area contributed by atoms with E-state index in [-0.39, 0.29) is 11.3 Å². The molecule has 170 valence electrons. The zero-order chi connectivity index (χ0) is 23.0. The lowest BCUT2D eigenvalue weighted by atomic mass is 9.97. The minimum Gasteiger partial charge on any atom is -0.394 e. The van der Waals surface area contributed by atoms with E-state index in [1.807, 2.05) is 0 Å². The van der Waals surface area contributed by atoms with Gasteiger partial charge < -0.3 is 20.1 Å². The SMILES string of the molecule is OCC1O[C@H](Sc2ccc(Cl)cc2)C(O)[C@@H](n2cc(-c3cc(F)c(F)c(F)c3)nn2)[C@H]1O. The van der Waals surface area contributed by atoms with Gasteiger partial charge in [-0.15, -0.1) is 5.10 Å². The third kappa shape index (κ3) is 4.49. The Morgan fingerprint density at radius 2 is 1.72 bits per heavy atom. The van der Waals surface area contributed by atoms with Crippen LogP contribution in [0.5, 0.6) is 0 Å². The lowest BCUT2D eigenvalue weighted by molar-refractivity contribution is -0.178. The van der Waals surface area contributed by atoms with Gasteiger partial charge in [-0.1, -0.05) is 28.6 Å². The van der Waals surface area contributed by atoms with Crippen LogP contribution in [0.25, 0.3) is 11.3 Å². The Morgan fingerprint density at radius 1 is 1.06 bits per heavy atom. The predicted molar refractivity (Wildman–Crippen MR) is 109 cm³/mol. The second-order valence-electron chi connectivity index (χ2n) is 7.11. The number of aliphatic hydroxyl groups is 3. The molecular weight excluding hydrogens is 471 g/mol. The smallest absolute Gasteiger partial charge is 0.194 e. The Labute approximate surface area is 189 Å². The topological polar surface area (TPSA) is 101 Å². The summed E-state index contributed by atoms with van der Waals surface area (Å²) in [5, 5.41) is 39.4. The van der Waals surface area contributed by atoms with Crippen LogP contribution in [0, 0.1) is 17.5 Å². The molecule has 1 aliphatic rings. The van der Waals surface area contributed by atoms with Crippen molar-refractivity contribution in [3.63, 3.8) is 0 Å². The minimum absolute atomic E-state index is 0.00357. The van der Waals surface area contributed by atoms with E-state index in [1.54, 1.807) is 24.3 Å². The van der Waals surface area contributed by atoms with Crippen LogP contribution >= 0.6 is 23.4 Å². The van der Waals surface area contributed by atoms with Crippen molar-refractivity contribution in [3.05, 3.63) is 65.1 Å². The van der Waals surface area contributed by atoms with Gasteiger partial charge in [0.25, 0.3) is 0 Å². The first kappa shape index (κ1) is 23.0. The highest BCUT2D eigenvalue weighted by atomic mass is 35.5. The third-order valence-corrected chi connectivity index (χ3v) is 6.43. The first-order valence-corrected chi connectivity index (χ1v) is 10.7. The van der Waals surface area contributed by atoms with Gasteiger partial charge in [0.05, 0.1) is 12.8 Å². The normalized spacial score (nSPS) is 25.8. The number of thioether (sulfide) groups is 1. The van der Waals surface area contributed by atoms with E-state index in [4.69, 9.17) is 16.3 Å². The summed E-state index contributed by atoms with van der Waals surface area (Å²) in [6, 6.07) is 7.21. The van der Waals surface area contributed by atoms with Crippen molar-refractivity contribution in [1.29, 1.82) is 0 Å². The molecule has 0 radical (unpaired) electrons. The zero-order valence-electron chi connectivity index (χ0n) is 16.1. The van der Waals surface area contributed by atoms with Gasteiger partial charge in [0.2, 0.25) is 0 Å². The van der Waals surface area contributed by atoms with Gasteiger partial charge >= 0.3 is 0 Å². The number of halogens is 4. The van der Waals surface area contributed by atoms with Crippen LogP contribution in [0.3, 0.4) is 0 Å². The van der Waals surface area contributed by atoms with E-state index in [0.717, 1.165) is 33.5 Å². The average molecular weight is 488 g/mol. The quantitative estimate of drug-likeness (QED) is 0.476. The molecular formula is C20H17ClF3N3O4S. The van der Waals surface area contributed by atoms with E-state index in [1.165, 1.54) is 6.20 Å². The molecule has 0 spiro atoms. The fourth-order valence-electron chi connectivity index (χ4n) is 3.38. The second kappa shape index (κ2) is 9.38. The molecule has 7 nitrogen and oxygen atoms in total. The Balaban J connectivity index is 1.63. The summed E-state index contributed by atoms with van der Waals surface area (Å²) in [6.07, 6.45) is -2.45. The van der Waals surface area contributed by atoms with Gasteiger partial charge in [-0.25, -0.2) is 17.9 Å². The van der Waals surface area contributed by atoms with Gasteiger partial charge in [-0.2, -0.15) is 0 Å². The molecule has 2 heterocycles. The Bertz CT molecular complexity index is 1080.